The molecule has 2 aliphatic rings. The molecule has 304 valence electrons. The van der Waals surface area contributed by atoms with Crippen LogP contribution in [-0.4, -0.2) is 81.8 Å². The maximum Gasteiger partial charge on any atom is 0.184 e. The van der Waals surface area contributed by atoms with Crippen molar-refractivity contribution in [1.29, 1.82) is 0 Å². The van der Waals surface area contributed by atoms with E-state index in [1.807, 2.05) is 13.8 Å². The van der Waals surface area contributed by atoms with E-state index in [9.17, 15) is 20.4 Å². The Morgan fingerprint density at radius 1 is 0.451 bits per heavy atom. The number of rotatable bonds is 32. The molecule has 0 aromatic carbocycles. The molecule has 0 amide bonds. The average molecular weight is 729 g/mol. The predicted octanol–water partition coefficient (Wildman–Crippen LogP) is 10.0. The van der Waals surface area contributed by atoms with Crippen molar-refractivity contribution in [1.82, 2.24) is 0 Å². The van der Waals surface area contributed by atoms with Crippen molar-refractivity contribution in [3.8, 4) is 0 Å². The average Bonchev–Trinajstić information content (AvgIpc) is 3.09. The second-order valence-electron chi connectivity index (χ2n) is 16.4. The largest absolute Gasteiger partial charge is 0.390 e. The number of unbranched alkanes of at least 4 members (excludes halogenated alkanes) is 22. The fraction of sp³-hybridized carbons (Fsp3) is 1.00. The second kappa shape index (κ2) is 30.0. The van der Waals surface area contributed by atoms with E-state index in [-0.39, 0.29) is 37.3 Å². The van der Waals surface area contributed by atoms with Crippen LogP contribution in [0.3, 0.4) is 0 Å². The first-order valence-corrected chi connectivity index (χ1v) is 22.0. The van der Waals surface area contributed by atoms with Crippen molar-refractivity contribution in [3.05, 3.63) is 0 Å². The van der Waals surface area contributed by atoms with Gasteiger partial charge in [0.25, 0.3) is 0 Å². The predicted molar refractivity (Wildman–Crippen MR) is 208 cm³/mol. The van der Waals surface area contributed by atoms with E-state index in [0.29, 0.717) is 0 Å². The zero-order chi connectivity index (χ0) is 37.1. The molecule has 10 atom stereocenters. The van der Waals surface area contributed by atoms with Gasteiger partial charge in [-0.15, -0.1) is 0 Å². The normalized spacial score (nSPS) is 28.2. The Morgan fingerprint density at radius 2 is 0.784 bits per heavy atom. The molecule has 8 heteroatoms. The van der Waals surface area contributed by atoms with Crippen molar-refractivity contribution in [2.24, 2.45) is 0 Å². The zero-order valence-corrected chi connectivity index (χ0v) is 33.7. The Kier molecular flexibility index (Phi) is 27.5. The molecule has 51 heavy (non-hydrogen) atoms. The maximum atomic E-state index is 10.5. The Hall–Kier alpha value is -0.320. The molecular weight excluding hydrogens is 644 g/mol. The van der Waals surface area contributed by atoms with Crippen molar-refractivity contribution >= 4 is 0 Å². The molecular formula is C43H84O8. The van der Waals surface area contributed by atoms with E-state index >= 15 is 0 Å². The molecule has 0 aromatic rings. The third-order valence-electron chi connectivity index (χ3n) is 11.3. The van der Waals surface area contributed by atoms with Gasteiger partial charge in [0, 0.05) is 12.8 Å². The second-order valence-corrected chi connectivity index (χ2v) is 16.4. The lowest BCUT2D eigenvalue weighted by Gasteiger charge is -2.37. The number of hydrogen-bond donors (Lipinski definition) is 4. The van der Waals surface area contributed by atoms with Gasteiger partial charge in [0.2, 0.25) is 0 Å². The summed E-state index contributed by atoms with van der Waals surface area (Å²) in [6, 6.07) is 0. The zero-order valence-electron chi connectivity index (χ0n) is 33.7. The highest BCUT2D eigenvalue weighted by Crippen LogP contribution is 2.27. The van der Waals surface area contributed by atoms with E-state index < -0.39 is 37.0 Å². The van der Waals surface area contributed by atoms with Crippen LogP contribution in [-0.2, 0) is 18.9 Å². The Labute approximate surface area is 314 Å². The molecule has 0 saturated carbocycles. The van der Waals surface area contributed by atoms with Crippen LogP contribution in [0, 0.1) is 0 Å². The summed E-state index contributed by atoms with van der Waals surface area (Å²) in [4.78, 5) is 0. The number of aliphatic hydroxyl groups excluding tert-OH is 4. The SMILES string of the molecule is CCCCCCCCCCCCCCCCCCCCCCCCCC(CCCC(C)O[C@@H]1O[C@@H](C)[C@H](O)C[C@H]1O)O[C@@H]1O[C@@H](C)[C@H](O)C[C@H]1O. The summed E-state index contributed by atoms with van der Waals surface area (Å²) in [6.45, 7) is 7.89. The summed E-state index contributed by atoms with van der Waals surface area (Å²) in [5, 5.41) is 40.8. The minimum Gasteiger partial charge on any atom is -0.390 e. The molecule has 2 unspecified atom stereocenters. The van der Waals surface area contributed by atoms with Crippen molar-refractivity contribution < 1.29 is 39.4 Å². The lowest BCUT2D eigenvalue weighted by Crippen LogP contribution is -2.48. The van der Waals surface area contributed by atoms with Crippen LogP contribution in [0.4, 0.5) is 0 Å². The molecule has 0 aromatic heterocycles. The van der Waals surface area contributed by atoms with E-state index in [1.54, 1.807) is 6.92 Å². The van der Waals surface area contributed by atoms with Gasteiger partial charge in [-0.25, -0.2) is 0 Å². The van der Waals surface area contributed by atoms with Gasteiger partial charge >= 0.3 is 0 Å². The highest BCUT2D eigenvalue weighted by molar-refractivity contribution is 4.80. The molecule has 0 bridgehead atoms. The highest BCUT2D eigenvalue weighted by Gasteiger charge is 2.37. The molecule has 2 heterocycles. The van der Waals surface area contributed by atoms with Crippen LogP contribution in [0.2, 0.25) is 0 Å². The summed E-state index contributed by atoms with van der Waals surface area (Å²) in [5.74, 6) is 0. The lowest BCUT2D eigenvalue weighted by molar-refractivity contribution is -0.277. The van der Waals surface area contributed by atoms with Crippen LogP contribution >= 0.6 is 0 Å². The minimum absolute atomic E-state index is 0.0408. The topological polar surface area (TPSA) is 118 Å². The molecule has 0 spiro atoms. The molecule has 0 aliphatic carbocycles. The molecule has 2 aliphatic heterocycles. The van der Waals surface area contributed by atoms with Gasteiger partial charge in [-0.2, -0.15) is 0 Å². The standard InChI is InChI=1S/C43H84O8/c1-5-6-7-8-9-10-11-12-13-14-15-16-17-18-19-20-21-22-23-24-25-26-27-30-37(51-43-41(47)33-39(45)36(4)50-43)31-28-29-34(2)48-42-40(46)32-38(44)35(3)49-42/h34-47H,5-33H2,1-4H3/t34?,35-,36-,37?,38+,39+,40+,41+,42+,43-/m0/s1. The number of hydrogen-bond acceptors (Lipinski definition) is 8. The van der Waals surface area contributed by atoms with Gasteiger partial charge in [-0.05, 0) is 46.5 Å². The molecule has 0 radical (unpaired) electrons. The number of ether oxygens (including phenoxy) is 4. The van der Waals surface area contributed by atoms with Gasteiger partial charge in [0.05, 0.1) is 36.6 Å². The van der Waals surface area contributed by atoms with Crippen LogP contribution in [0.5, 0.6) is 0 Å². The molecule has 8 nitrogen and oxygen atoms in total. The fourth-order valence-corrected chi connectivity index (χ4v) is 7.69. The van der Waals surface area contributed by atoms with Gasteiger partial charge in [0.15, 0.2) is 12.6 Å². The van der Waals surface area contributed by atoms with E-state index in [1.165, 1.54) is 141 Å². The van der Waals surface area contributed by atoms with Gasteiger partial charge in [0.1, 0.15) is 12.2 Å². The first-order valence-electron chi connectivity index (χ1n) is 22.0. The Morgan fingerprint density at radius 3 is 1.18 bits per heavy atom. The summed E-state index contributed by atoms with van der Waals surface area (Å²) in [6.07, 6.45) is 30.2. The Balaban J connectivity index is 1.49. The third kappa shape index (κ3) is 22.6. The van der Waals surface area contributed by atoms with Crippen LogP contribution in [0.1, 0.15) is 214 Å². The fourth-order valence-electron chi connectivity index (χ4n) is 7.69. The lowest BCUT2D eigenvalue weighted by atomic mass is 10.0. The smallest absolute Gasteiger partial charge is 0.184 e. The molecule has 2 rings (SSSR count). The van der Waals surface area contributed by atoms with E-state index in [0.717, 1.165) is 32.1 Å². The summed E-state index contributed by atoms with van der Waals surface area (Å²) < 4.78 is 23.9. The van der Waals surface area contributed by atoms with Crippen molar-refractivity contribution in [2.75, 3.05) is 0 Å². The summed E-state index contributed by atoms with van der Waals surface area (Å²) in [5.41, 5.74) is 0. The van der Waals surface area contributed by atoms with Gasteiger partial charge < -0.3 is 39.4 Å². The van der Waals surface area contributed by atoms with Crippen molar-refractivity contribution in [2.45, 2.75) is 275 Å². The number of aliphatic hydroxyl groups is 4. The highest BCUT2D eigenvalue weighted by atomic mass is 16.7. The van der Waals surface area contributed by atoms with Crippen molar-refractivity contribution in [3.63, 3.8) is 0 Å². The summed E-state index contributed by atoms with van der Waals surface area (Å²) in [7, 11) is 0. The van der Waals surface area contributed by atoms with Gasteiger partial charge in [-0.3, -0.25) is 0 Å². The van der Waals surface area contributed by atoms with Crippen LogP contribution in [0.15, 0.2) is 0 Å². The minimum atomic E-state index is -0.837. The first-order chi connectivity index (χ1) is 24.7. The quantitative estimate of drug-likeness (QED) is 0.0506. The van der Waals surface area contributed by atoms with Crippen LogP contribution in [0.25, 0.3) is 0 Å². The summed E-state index contributed by atoms with van der Waals surface area (Å²) >= 11 is 0. The van der Waals surface area contributed by atoms with E-state index in [4.69, 9.17) is 18.9 Å². The molecule has 2 fully saturated rings. The van der Waals surface area contributed by atoms with Gasteiger partial charge in [-0.1, -0.05) is 155 Å². The molecule has 4 N–H and O–H groups in total. The van der Waals surface area contributed by atoms with E-state index in [2.05, 4.69) is 6.92 Å². The first kappa shape index (κ1) is 46.8. The molecule has 2 saturated heterocycles. The van der Waals surface area contributed by atoms with Crippen LogP contribution < -0.4 is 0 Å². The monoisotopic (exact) mass is 729 g/mol. The third-order valence-corrected chi connectivity index (χ3v) is 11.3. The Bertz CT molecular complexity index is 785. The maximum absolute atomic E-state index is 10.5.